The lowest BCUT2D eigenvalue weighted by Gasteiger charge is -2.17. The van der Waals surface area contributed by atoms with E-state index in [1.165, 1.54) is 19.3 Å². The van der Waals surface area contributed by atoms with Crippen LogP contribution in [0.25, 0.3) is 0 Å². The summed E-state index contributed by atoms with van der Waals surface area (Å²) in [6.45, 7) is 3.17. The quantitative estimate of drug-likeness (QED) is 0.705. The van der Waals surface area contributed by atoms with Crippen molar-refractivity contribution in [1.29, 1.82) is 0 Å². The molecule has 0 atom stereocenters. The van der Waals surface area contributed by atoms with Crippen molar-refractivity contribution in [2.24, 2.45) is 0 Å². The van der Waals surface area contributed by atoms with Gasteiger partial charge in [0.2, 0.25) is 0 Å². The van der Waals surface area contributed by atoms with E-state index in [9.17, 15) is 0 Å². The first kappa shape index (κ1) is 11.2. The molecule has 1 rings (SSSR count). The lowest BCUT2D eigenvalue weighted by molar-refractivity contribution is 0.700. The van der Waals surface area contributed by atoms with E-state index in [1.54, 1.807) is 12.4 Å². The fraction of sp³-hybridized carbons (Fsp3) is 0.600. The van der Waals surface area contributed by atoms with Gasteiger partial charge in [0.25, 0.3) is 0 Å². The molecule has 0 aliphatic carbocycles. The molecule has 0 N–H and O–H groups in total. The van der Waals surface area contributed by atoms with Gasteiger partial charge in [-0.2, -0.15) is 0 Å². The van der Waals surface area contributed by atoms with Crippen molar-refractivity contribution < 1.29 is 0 Å². The van der Waals surface area contributed by atoms with Gasteiger partial charge in [-0.15, -0.1) is 0 Å². The summed E-state index contributed by atoms with van der Waals surface area (Å²) in [4.78, 5) is 10.2. The summed E-state index contributed by atoms with van der Waals surface area (Å²) in [7, 11) is 1.99. The van der Waals surface area contributed by atoms with Gasteiger partial charge in [-0.3, -0.25) is 0 Å². The molecule has 0 saturated heterocycles. The molecule has 0 unspecified atom stereocenters. The van der Waals surface area contributed by atoms with Crippen LogP contribution in [0.2, 0.25) is 5.15 Å². The number of halogens is 1. The largest absolute Gasteiger partial charge is 0.357 e. The Kier molecular flexibility index (Phi) is 4.66. The van der Waals surface area contributed by atoms with Crippen LogP contribution in [-0.4, -0.2) is 23.6 Å². The van der Waals surface area contributed by atoms with E-state index in [1.807, 2.05) is 11.9 Å². The second kappa shape index (κ2) is 5.81. The van der Waals surface area contributed by atoms with Crippen LogP contribution in [0, 0.1) is 0 Å². The fourth-order valence-electron chi connectivity index (χ4n) is 1.27. The van der Waals surface area contributed by atoms with Gasteiger partial charge in [0.15, 0.2) is 11.0 Å². The average Bonchev–Trinajstić information content (AvgIpc) is 2.18. The Morgan fingerprint density at radius 1 is 1.29 bits per heavy atom. The highest BCUT2D eigenvalue weighted by Gasteiger charge is 2.06. The fourth-order valence-corrected chi connectivity index (χ4v) is 1.52. The summed E-state index contributed by atoms with van der Waals surface area (Å²) in [5.41, 5.74) is 0. The molecule has 14 heavy (non-hydrogen) atoms. The molecule has 0 radical (unpaired) electrons. The monoisotopic (exact) mass is 213 g/mol. The van der Waals surface area contributed by atoms with E-state index in [4.69, 9.17) is 11.6 Å². The van der Waals surface area contributed by atoms with E-state index < -0.39 is 0 Å². The van der Waals surface area contributed by atoms with Gasteiger partial charge < -0.3 is 4.90 Å². The number of anilines is 1. The van der Waals surface area contributed by atoms with Gasteiger partial charge in [-0.25, -0.2) is 9.97 Å². The van der Waals surface area contributed by atoms with E-state index in [0.29, 0.717) is 5.15 Å². The smallest absolute Gasteiger partial charge is 0.171 e. The molecule has 0 aliphatic rings. The maximum atomic E-state index is 5.92. The minimum absolute atomic E-state index is 0.478. The van der Waals surface area contributed by atoms with Crippen molar-refractivity contribution in [3.63, 3.8) is 0 Å². The molecule has 0 bridgehead atoms. The van der Waals surface area contributed by atoms with E-state index >= 15 is 0 Å². The maximum Gasteiger partial charge on any atom is 0.171 e. The zero-order valence-corrected chi connectivity index (χ0v) is 9.46. The third-order valence-electron chi connectivity index (χ3n) is 2.09. The van der Waals surface area contributed by atoms with Crippen molar-refractivity contribution in [3.05, 3.63) is 17.5 Å². The van der Waals surface area contributed by atoms with E-state index in [-0.39, 0.29) is 0 Å². The third-order valence-corrected chi connectivity index (χ3v) is 2.36. The summed E-state index contributed by atoms with van der Waals surface area (Å²) in [5.74, 6) is 0.769. The number of rotatable bonds is 5. The Bertz CT molecular complexity index is 278. The van der Waals surface area contributed by atoms with Crippen LogP contribution in [-0.2, 0) is 0 Å². The second-order valence-corrected chi connectivity index (χ2v) is 3.66. The van der Waals surface area contributed by atoms with Crippen LogP contribution in [0.3, 0.4) is 0 Å². The molecule has 0 amide bonds. The molecule has 3 nitrogen and oxygen atoms in total. The molecule has 1 aromatic heterocycles. The van der Waals surface area contributed by atoms with E-state index in [0.717, 1.165) is 12.4 Å². The summed E-state index contributed by atoms with van der Waals surface area (Å²) in [6, 6.07) is 0. The van der Waals surface area contributed by atoms with Gasteiger partial charge in [0.1, 0.15) is 0 Å². The lowest BCUT2D eigenvalue weighted by Crippen LogP contribution is -2.20. The Hall–Kier alpha value is -0.830. The molecule has 0 spiro atoms. The maximum absolute atomic E-state index is 5.92. The zero-order chi connectivity index (χ0) is 10.4. The number of aromatic nitrogens is 2. The first-order valence-electron chi connectivity index (χ1n) is 4.93. The number of hydrogen-bond donors (Lipinski definition) is 0. The summed E-state index contributed by atoms with van der Waals surface area (Å²) >= 11 is 5.92. The van der Waals surface area contributed by atoms with Gasteiger partial charge in [-0.05, 0) is 6.42 Å². The van der Waals surface area contributed by atoms with Gasteiger partial charge >= 0.3 is 0 Å². The molecule has 1 aromatic rings. The average molecular weight is 214 g/mol. The van der Waals surface area contributed by atoms with Crippen LogP contribution in [0.4, 0.5) is 5.82 Å². The van der Waals surface area contributed by atoms with Crippen LogP contribution in [0.5, 0.6) is 0 Å². The third kappa shape index (κ3) is 3.14. The SMILES string of the molecule is CCCCCN(C)c1nccnc1Cl. The van der Waals surface area contributed by atoms with Crippen molar-refractivity contribution in [2.45, 2.75) is 26.2 Å². The summed E-state index contributed by atoms with van der Waals surface area (Å²) in [6.07, 6.45) is 6.90. The normalized spacial score (nSPS) is 10.2. The molecule has 0 aliphatic heterocycles. The summed E-state index contributed by atoms with van der Waals surface area (Å²) in [5, 5.41) is 0.478. The standard InChI is InChI=1S/C10H16ClN3/c1-3-4-5-8-14(2)10-9(11)12-6-7-13-10/h6-7H,3-5,8H2,1-2H3. The minimum atomic E-state index is 0.478. The molecule has 0 fully saturated rings. The van der Waals surface area contributed by atoms with Crippen molar-refractivity contribution in [2.75, 3.05) is 18.5 Å². The molecule has 0 saturated carbocycles. The van der Waals surface area contributed by atoms with E-state index in [2.05, 4.69) is 16.9 Å². The Morgan fingerprint density at radius 3 is 2.64 bits per heavy atom. The predicted octanol–water partition coefficient (Wildman–Crippen LogP) is 2.76. The second-order valence-electron chi connectivity index (χ2n) is 3.30. The van der Waals surface area contributed by atoms with Gasteiger partial charge in [0, 0.05) is 26.0 Å². The molecule has 0 aromatic carbocycles. The summed E-state index contributed by atoms with van der Waals surface area (Å²) < 4.78 is 0. The van der Waals surface area contributed by atoms with Crippen molar-refractivity contribution in [3.8, 4) is 0 Å². The Morgan fingerprint density at radius 2 is 2.00 bits per heavy atom. The topological polar surface area (TPSA) is 29.0 Å². The molecule has 1 heterocycles. The zero-order valence-electron chi connectivity index (χ0n) is 8.70. The lowest BCUT2D eigenvalue weighted by atomic mass is 10.2. The van der Waals surface area contributed by atoms with Crippen LogP contribution < -0.4 is 4.90 Å². The predicted molar refractivity (Wildman–Crippen MR) is 59.8 cm³/mol. The molecular formula is C10H16ClN3. The number of hydrogen-bond acceptors (Lipinski definition) is 3. The minimum Gasteiger partial charge on any atom is -0.357 e. The van der Waals surface area contributed by atoms with Crippen molar-refractivity contribution >= 4 is 17.4 Å². The van der Waals surface area contributed by atoms with Crippen LogP contribution in [0.15, 0.2) is 12.4 Å². The first-order chi connectivity index (χ1) is 6.75. The molecule has 4 heteroatoms. The highest BCUT2D eigenvalue weighted by Crippen LogP contribution is 2.18. The van der Waals surface area contributed by atoms with Gasteiger partial charge in [-0.1, -0.05) is 31.4 Å². The first-order valence-corrected chi connectivity index (χ1v) is 5.31. The van der Waals surface area contributed by atoms with Gasteiger partial charge in [0.05, 0.1) is 0 Å². The number of nitrogens with zero attached hydrogens (tertiary/aromatic N) is 3. The highest BCUT2D eigenvalue weighted by molar-refractivity contribution is 6.31. The highest BCUT2D eigenvalue weighted by atomic mass is 35.5. The number of unbranched alkanes of at least 4 members (excludes halogenated alkanes) is 2. The van der Waals surface area contributed by atoms with Crippen molar-refractivity contribution in [1.82, 2.24) is 9.97 Å². The van der Waals surface area contributed by atoms with Crippen LogP contribution >= 0.6 is 11.6 Å². The van der Waals surface area contributed by atoms with Crippen LogP contribution in [0.1, 0.15) is 26.2 Å². The Labute approximate surface area is 90.1 Å². The Balaban J connectivity index is 2.51. The molecule has 78 valence electrons. The molecular weight excluding hydrogens is 198 g/mol.